The number of thiophene rings is 1. The molecule has 0 bridgehead atoms. The van der Waals surface area contributed by atoms with E-state index in [1.807, 2.05) is 11.3 Å². The predicted octanol–water partition coefficient (Wildman–Crippen LogP) is 13.6. The number of nitrogens with zero attached hydrogens (tertiary/aromatic N) is 3. The molecule has 0 radical (unpaired) electrons. The van der Waals surface area contributed by atoms with Crippen LogP contribution in [0.25, 0.3) is 0 Å². The lowest BCUT2D eigenvalue weighted by Crippen LogP contribution is -2.57. The van der Waals surface area contributed by atoms with E-state index in [9.17, 15) is 0 Å². The predicted molar refractivity (Wildman–Crippen MR) is 239 cm³/mol. The zero-order valence-corrected chi connectivity index (χ0v) is 40.8. The van der Waals surface area contributed by atoms with Gasteiger partial charge in [0.25, 0.3) is 0 Å². The van der Waals surface area contributed by atoms with Crippen molar-refractivity contribution in [2.75, 3.05) is 39.3 Å². The highest BCUT2D eigenvalue weighted by Gasteiger charge is 2.36. The van der Waals surface area contributed by atoms with Crippen LogP contribution in [0.15, 0.2) is 28.7 Å². The standard InChI is InChI=1S/C12H26N2.C12H25N.C12H20O.C12H20S/c1-11(2,3)13-7-9-14(10-8-13)12(4,5)6;1-11(2,3)10-7-8-13(9-10)12(4,5)6;2*1-11(2,3)9-7-8-10(13-9)12(4,5)6/h7-10H2,1-6H3;10H,7-9H2,1-6H3;2*7-8H,1-6H3. The summed E-state index contributed by atoms with van der Waals surface area (Å²) in [6.45, 7) is 61.9. The van der Waals surface area contributed by atoms with E-state index in [-0.39, 0.29) is 10.8 Å². The van der Waals surface area contributed by atoms with Crippen LogP contribution in [0.2, 0.25) is 0 Å². The number of hydrogen-bond donors (Lipinski definition) is 0. The number of hydrogen-bond acceptors (Lipinski definition) is 5. The molecule has 4 heterocycles. The van der Waals surface area contributed by atoms with Gasteiger partial charge in [-0.1, -0.05) is 104 Å². The molecular formula is C48H91N3OS. The van der Waals surface area contributed by atoms with E-state index in [4.69, 9.17) is 4.42 Å². The average molecular weight is 758 g/mol. The molecule has 0 saturated carbocycles. The lowest BCUT2D eigenvalue weighted by molar-refractivity contribution is 0.0211. The molecule has 2 fully saturated rings. The van der Waals surface area contributed by atoms with Gasteiger partial charge in [0.1, 0.15) is 11.5 Å². The zero-order chi connectivity index (χ0) is 41.8. The van der Waals surface area contributed by atoms with Crippen molar-refractivity contribution in [3.63, 3.8) is 0 Å². The molecular weight excluding hydrogens is 667 g/mol. The molecule has 2 aromatic rings. The normalized spacial score (nSPS) is 19.1. The van der Waals surface area contributed by atoms with Gasteiger partial charge in [-0.3, -0.25) is 14.7 Å². The SMILES string of the molecule is CC(C)(C)C1CCN(C(C)(C)C)C1.CC(C)(C)N1CCN(C(C)(C)C)CC1.CC(C)(C)c1ccc(C(C)(C)C)o1.CC(C)(C)c1ccc(C(C)(C)C)s1. The highest BCUT2D eigenvalue weighted by atomic mass is 32.1. The maximum atomic E-state index is 5.81. The van der Waals surface area contributed by atoms with Crippen LogP contribution in [-0.2, 0) is 21.7 Å². The minimum absolute atomic E-state index is 0.115. The van der Waals surface area contributed by atoms with Crippen molar-refractivity contribution in [2.45, 2.75) is 211 Å². The molecule has 0 aliphatic carbocycles. The van der Waals surface area contributed by atoms with E-state index in [0.29, 0.717) is 32.9 Å². The Bertz CT molecular complexity index is 1170. The molecule has 4 nitrogen and oxygen atoms in total. The molecule has 53 heavy (non-hydrogen) atoms. The van der Waals surface area contributed by atoms with E-state index in [2.05, 4.69) is 205 Å². The minimum Gasteiger partial charge on any atom is -0.465 e. The smallest absolute Gasteiger partial charge is 0.109 e. The maximum Gasteiger partial charge on any atom is 0.109 e. The van der Waals surface area contributed by atoms with Crippen LogP contribution in [0.5, 0.6) is 0 Å². The highest BCUT2D eigenvalue weighted by molar-refractivity contribution is 7.12. The molecule has 0 spiro atoms. The first-order chi connectivity index (χ1) is 23.3. The van der Waals surface area contributed by atoms with Crippen molar-refractivity contribution in [1.82, 2.24) is 14.7 Å². The Morgan fingerprint density at radius 1 is 0.434 bits per heavy atom. The van der Waals surface area contributed by atoms with Gasteiger partial charge in [-0.2, -0.15) is 0 Å². The van der Waals surface area contributed by atoms with Crippen LogP contribution in [0.4, 0.5) is 0 Å². The summed E-state index contributed by atoms with van der Waals surface area (Å²) < 4.78 is 5.81. The first-order valence-electron chi connectivity index (χ1n) is 20.8. The summed E-state index contributed by atoms with van der Waals surface area (Å²) in [6, 6.07) is 8.71. The minimum atomic E-state index is 0.115. The Labute approximate surface area is 336 Å². The van der Waals surface area contributed by atoms with Crippen LogP contribution in [-0.4, -0.2) is 70.6 Å². The van der Waals surface area contributed by atoms with Crippen molar-refractivity contribution in [1.29, 1.82) is 0 Å². The molecule has 0 aromatic carbocycles. The molecule has 2 aliphatic rings. The van der Waals surface area contributed by atoms with Gasteiger partial charge in [0, 0.05) is 69.9 Å². The lowest BCUT2D eigenvalue weighted by Gasteiger charge is -2.46. The lowest BCUT2D eigenvalue weighted by atomic mass is 9.80. The Morgan fingerprint density at radius 3 is 0.925 bits per heavy atom. The third-order valence-corrected chi connectivity index (χ3v) is 12.6. The molecule has 2 aliphatic heterocycles. The first-order valence-corrected chi connectivity index (χ1v) is 21.6. The van der Waals surface area contributed by atoms with Gasteiger partial charge < -0.3 is 4.42 Å². The van der Waals surface area contributed by atoms with Crippen LogP contribution >= 0.6 is 11.3 Å². The second kappa shape index (κ2) is 18.0. The molecule has 5 heteroatoms. The molecule has 0 amide bonds. The highest BCUT2D eigenvalue weighted by Crippen LogP contribution is 2.37. The third-order valence-electron chi connectivity index (χ3n) is 10.7. The van der Waals surface area contributed by atoms with E-state index < -0.39 is 0 Å². The second-order valence-corrected chi connectivity index (χ2v) is 25.2. The first kappa shape index (κ1) is 49.9. The van der Waals surface area contributed by atoms with Crippen LogP contribution in [0.1, 0.15) is 194 Å². The molecule has 0 N–H and O–H groups in total. The number of likely N-dealkylation sites (tertiary alicyclic amines) is 1. The van der Waals surface area contributed by atoms with Gasteiger partial charge in [0.15, 0.2) is 0 Å². The molecule has 310 valence electrons. The Hall–Kier alpha value is -1.14. The van der Waals surface area contributed by atoms with Crippen LogP contribution in [0, 0.1) is 11.3 Å². The topological polar surface area (TPSA) is 22.9 Å². The Balaban J connectivity index is 0.000000354. The number of piperazine rings is 1. The van der Waals surface area contributed by atoms with Crippen molar-refractivity contribution in [3.8, 4) is 0 Å². The summed E-state index contributed by atoms with van der Waals surface area (Å²) in [5.74, 6) is 3.02. The number of rotatable bonds is 0. The fourth-order valence-electron chi connectivity index (χ4n) is 6.41. The van der Waals surface area contributed by atoms with Gasteiger partial charge in [0.2, 0.25) is 0 Å². The van der Waals surface area contributed by atoms with Gasteiger partial charge in [0.05, 0.1) is 0 Å². The fourth-order valence-corrected chi connectivity index (χ4v) is 7.53. The Kier molecular flexibility index (Phi) is 16.9. The largest absolute Gasteiger partial charge is 0.465 e. The summed E-state index contributed by atoms with van der Waals surface area (Å²) in [6.07, 6.45) is 1.38. The molecule has 2 aromatic heterocycles. The Morgan fingerprint density at radius 2 is 0.755 bits per heavy atom. The maximum absolute atomic E-state index is 5.81. The zero-order valence-electron chi connectivity index (χ0n) is 40.0. The molecule has 4 rings (SSSR count). The second-order valence-electron chi connectivity index (χ2n) is 24.1. The summed E-state index contributed by atoms with van der Waals surface area (Å²) in [7, 11) is 0. The summed E-state index contributed by atoms with van der Waals surface area (Å²) in [5.41, 5.74) is 2.35. The average Bonchev–Trinajstić information content (AvgIpc) is 3.72. The van der Waals surface area contributed by atoms with Gasteiger partial charge in [-0.15, -0.1) is 11.3 Å². The van der Waals surface area contributed by atoms with Crippen LogP contribution < -0.4 is 0 Å². The summed E-state index contributed by atoms with van der Waals surface area (Å²) in [5, 5.41) is 0. The summed E-state index contributed by atoms with van der Waals surface area (Å²) in [4.78, 5) is 10.7. The summed E-state index contributed by atoms with van der Waals surface area (Å²) >= 11 is 1.95. The molecule has 2 saturated heterocycles. The van der Waals surface area contributed by atoms with E-state index in [0.717, 1.165) is 17.4 Å². The van der Waals surface area contributed by atoms with Gasteiger partial charge in [-0.25, -0.2) is 0 Å². The van der Waals surface area contributed by atoms with Crippen molar-refractivity contribution in [3.05, 3.63) is 45.5 Å². The van der Waals surface area contributed by atoms with Crippen molar-refractivity contribution in [2.24, 2.45) is 11.3 Å². The van der Waals surface area contributed by atoms with Gasteiger partial charge >= 0.3 is 0 Å². The van der Waals surface area contributed by atoms with E-state index >= 15 is 0 Å². The third kappa shape index (κ3) is 17.3. The van der Waals surface area contributed by atoms with Crippen molar-refractivity contribution >= 4 is 11.3 Å². The van der Waals surface area contributed by atoms with E-state index in [1.165, 1.54) is 55.4 Å². The monoisotopic (exact) mass is 758 g/mol. The van der Waals surface area contributed by atoms with Gasteiger partial charge in [-0.05, 0) is 122 Å². The van der Waals surface area contributed by atoms with Crippen LogP contribution in [0.3, 0.4) is 0 Å². The quantitative estimate of drug-likeness (QED) is 0.267. The molecule has 1 unspecified atom stereocenters. The number of furan rings is 1. The molecule has 1 atom stereocenters. The fraction of sp³-hybridized carbons (Fsp3) is 0.833. The van der Waals surface area contributed by atoms with E-state index in [1.54, 1.807) is 0 Å². The van der Waals surface area contributed by atoms with Crippen molar-refractivity contribution < 1.29 is 4.42 Å².